The lowest BCUT2D eigenvalue weighted by atomic mass is 10.1. The number of hydrogen-bond acceptors (Lipinski definition) is 3. The van der Waals surface area contributed by atoms with Crippen molar-refractivity contribution >= 4 is 11.4 Å². The molecule has 0 bridgehead atoms. The summed E-state index contributed by atoms with van der Waals surface area (Å²) < 4.78 is 13.2. The highest BCUT2D eigenvalue weighted by atomic mass is 19.1. The van der Waals surface area contributed by atoms with Crippen molar-refractivity contribution in [1.82, 2.24) is 0 Å². The van der Waals surface area contributed by atoms with Crippen LogP contribution in [0.3, 0.4) is 0 Å². The first kappa shape index (κ1) is 14.0. The molecule has 0 radical (unpaired) electrons. The molecule has 0 unspecified atom stereocenters. The van der Waals surface area contributed by atoms with Gasteiger partial charge in [-0.25, -0.2) is 0 Å². The Bertz CT molecular complexity index is 656. The zero-order chi connectivity index (χ0) is 14.7. The highest BCUT2D eigenvalue weighted by Gasteiger charge is 2.14. The smallest absolute Gasteiger partial charge is 0.306 e. The molecule has 4 nitrogen and oxygen atoms in total. The van der Waals surface area contributed by atoms with Crippen LogP contribution in [0.1, 0.15) is 16.7 Å². The summed E-state index contributed by atoms with van der Waals surface area (Å²) in [6.07, 6.45) is 0. The van der Waals surface area contributed by atoms with Crippen LogP contribution in [0.4, 0.5) is 15.8 Å². The summed E-state index contributed by atoms with van der Waals surface area (Å²) in [4.78, 5) is 9.94. The number of nitrogens with one attached hydrogen (secondary N) is 1. The Balaban J connectivity index is 2.12. The zero-order valence-electron chi connectivity index (χ0n) is 11.3. The van der Waals surface area contributed by atoms with E-state index in [4.69, 9.17) is 0 Å². The molecular formula is C15H15FN2O2. The molecule has 20 heavy (non-hydrogen) atoms. The summed E-state index contributed by atoms with van der Waals surface area (Å²) in [6.45, 7) is 4.60. The minimum atomic E-state index is -0.827. The molecule has 0 aliphatic rings. The first-order valence-electron chi connectivity index (χ1n) is 6.21. The number of rotatable bonds is 4. The van der Waals surface area contributed by atoms with Crippen LogP contribution in [0.5, 0.6) is 0 Å². The van der Waals surface area contributed by atoms with Crippen LogP contribution in [-0.2, 0) is 6.54 Å². The van der Waals surface area contributed by atoms with Crippen LogP contribution in [0, 0.1) is 29.8 Å². The molecule has 2 aromatic carbocycles. The van der Waals surface area contributed by atoms with Gasteiger partial charge in [-0.15, -0.1) is 0 Å². The number of nitro groups is 1. The quantitative estimate of drug-likeness (QED) is 0.678. The van der Waals surface area contributed by atoms with Gasteiger partial charge < -0.3 is 5.32 Å². The zero-order valence-corrected chi connectivity index (χ0v) is 11.3. The molecule has 0 atom stereocenters. The lowest BCUT2D eigenvalue weighted by Crippen LogP contribution is -2.01. The standard InChI is InChI=1S/C15H15FN2O2/c1-10-3-4-12(7-11(10)2)9-17-13-5-6-14(16)15(8-13)18(19)20/h3-8,17H,9H2,1-2H3. The van der Waals surface area contributed by atoms with Gasteiger partial charge in [-0.1, -0.05) is 18.2 Å². The number of nitrogens with zero attached hydrogens (tertiary/aromatic N) is 1. The van der Waals surface area contributed by atoms with Gasteiger partial charge in [0.1, 0.15) is 0 Å². The van der Waals surface area contributed by atoms with E-state index in [0.29, 0.717) is 12.2 Å². The minimum absolute atomic E-state index is 0.518. The van der Waals surface area contributed by atoms with Gasteiger partial charge in [0, 0.05) is 18.3 Å². The fourth-order valence-electron chi connectivity index (χ4n) is 1.88. The van der Waals surface area contributed by atoms with Gasteiger partial charge in [-0.3, -0.25) is 10.1 Å². The molecular weight excluding hydrogens is 259 g/mol. The van der Waals surface area contributed by atoms with Crippen LogP contribution < -0.4 is 5.32 Å². The number of nitro benzene ring substituents is 1. The monoisotopic (exact) mass is 274 g/mol. The molecule has 0 aliphatic carbocycles. The van der Waals surface area contributed by atoms with Crippen LogP contribution >= 0.6 is 0 Å². The van der Waals surface area contributed by atoms with E-state index >= 15 is 0 Å². The summed E-state index contributed by atoms with van der Waals surface area (Å²) in [6, 6.07) is 9.87. The number of benzene rings is 2. The molecule has 104 valence electrons. The van der Waals surface area contributed by atoms with Crippen LogP contribution in [0.15, 0.2) is 36.4 Å². The lowest BCUT2D eigenvalue weighted by Gasteiger charge is -2.08. The van der Waals surface area contributed by atoms with Crippen molar-refractivity contribution in [1.29, 1.82) is 0 Å². The molecule has 0 saturated heterocycles. The van der Waals surface area contributed by atoms with Crippen molar-refractivity contribution in [3.63, 3.8) is 0 Å². The molecule has 5 heteroatoms. The van der Waals surface area contributed by atoms with Gasteiger partial charge in [-0.05, 0) is 42.7 Å². The van der Waals surface area contributed by atoms with E-state index in [1.165, 1.54) is 23.3 Å². The number of hydrogen-bond donors (Lipinski definition) is 1. The summed E-state index contributed by atoms with van der Waals surface area (Å²) in [5, 5.41) is 13.7. The van der Waals surface area contributed by atoms with E-state index in [2.05, 4.69) is 11.4 Å². The maximum Gasteiger partial charge on any atom is 0.306 e. The Hall–Kier alpha value is -2.43. The SMILES string of the molecule is Cc1ccc(CNc2ccc(F)c([N+](=O)[O-])c2)cc1C. The first-order chi connectivity index (χ1) is 9.47. The third kappa shape index (κ3) is 3.12. The van der Waals surface area contributed by atoms with Gasteiger partial charge in [0.15, 0.2) is 0 Å². The Morgan fingerprint density at radius 3 is 2.55 bits per heavy atom. The summed E-state index contributed by atoms with van der Waals surface area (Å²) in [5.41, 5.74) is 3.48. The van der Waals surface area contributed by atoms with Crippen molar-refractivity contribution in [2.75, 3.05) is 5.32 Å². The molecule has 0 fully saturated rings. The largest absolute Gasteiger partial charge is 0.381 e. The third-order valence-electron chi connectivity index (χ3n) is 3.21. The Morgan fingerprint density at radius 1 is 1.15 bits per heavy atom. The number of aryl methyl sites for hydroxylation is 2. The van der Waals surface area contributed by atoms with E-state index in [1.54, 1.807) is 0 Å². The van der Waals surface area contributed by atoms with Gasteiger partial charge in [0.2, 0.25) is 5.82 Å². The Kier molecular flexibility index (Phi) is 3.98. The van der Waals surface area contributed by atoms with E-state index in [9.17, 15) is 14.5 Å². The molecule has 0 saturated carbocycles. The third-order valence-corrected chi connectivity index (χ3v) is 3.21. The summed E-state index contributed by atoms with van der Waals surface area (Å²) in [5.74, 6) is -0.827. The fraction of sp³-hybridized carbons (Fsp3) is 0.200. The first-order valence-corrected chi connectivity index (χ1v) is 6.21. The molecule has 0 heterocycles. The van der Waals surface area contributed by atoms with Gasteiger partial charge in [0.05, 0.1) is 4.92 Å². The van der Waals surface area contributed by atoms with Crippen molar-refractivity contribution in [3.05, 3.63) is 69.0 Å². The topological polar surface area (TPSA) is 55.2 Å². The van der Waals surface area contributed by atoms with Gasteiger partial charge in [0.25, 0.3) is 0 Å². The van der Waals surface area contributed by atoms with Crippen molar-refractivity contribution < 1.29 is 9.31 Å². The van der Waals surface area contributed by atoms with Crippen molar-refractivity contribution in [3.8, 4) is 0 Å². The second kappa shape index (κ2) is 5.69. The Labute approximate surface area is 116 Å². The van der Waals surface area contributed by atoms with E-state index in [1.807, 2.05) is 26.0 Å². The maximum absolute atomic E-state index is 13.2. The average molecular weight is 274 g/mol. The van der Waals surface area contributed by atoms with Crippen molar-refractivity contribution in [2.24, 2.45) is 0 Å². The van der Waals surface area contributed by atoms with E-state index < -0.39 is 16.4 Å². The van der Waals surface area contributed by atoms with E-state index in [0.717, 1.165) is 11.6 Å². The van der Waals surface area contributed by atoms with Gasteiger partial charge >= 0.3 is 5.69 Å². The van der Waals surface area contributed by atoms with Crippen LogP contribution in [-0.4, -0.2) is 4.92 Å². The minimum Gasteiger partial charge on any atom is -0.381 e. The maximum atomic E-state index is 13.2. The predicted molar refractivity (Wildman–Crippen MR) is 76.3 cm³/mol. The molecule has 0 aromatic heterocycles. The molecule has 1 N–H and O–H groups in total. The molecule has 2 rings (SSSR count). The fourth-order valence-corrected chi connectivity index (χ4v) is 1.88. The highest BCUT2D eigenvalue weighted by molar-refractivity contribution is 5.52. The summed E-state index contributed by atoms with van der Waals surface area (Å²) >= 11 is 0. The molecule has 0 amide bonds. The normalized spacial score (nSPS) is 10.3. The van der Waals surface area contributed by atoms with E-state index in [-0.39, 0.29) is 0 Å². The van der Waals surface area contributed by atoms with Gasteiger partial charge in [-0.2, -0.15) is 4.39 Å². The predicted octanol–water partition coefficient (Wildman–Crippen LogP) is 3.96. The second-order valence-electron chi connectivity index (χ2n) is 4.70. The van der Waals surface area contributed by atoms with Crippen LogP contribution in [0.25, 0.3) is 0 Å². The molecule has 0 aliphatic heterocycles. The second-order valence-corrected chi connectivity index (χ2v) is 4.70. The van der Waals surface area contributed by atoms with Crippen molar-refractivity contribution in [2.45, 2.75) is 20.4 Å². The number of anilines is 1. The average Bonchev–Trinajstić information content (AvgIpc) is 2.41. The summed E-state index contributed by atoms with van der Waals surface area (Å²) in [7, 11) is 0. The number of halogens is 1. The molecule has 0 spiro atoms. The van der Waals surface area contributed by atoms with Crippen LogP contribution in [0.2, 0.25) is 0 Å². The molecule has 2 aromatic rings. The highest BCUT2D eigenvalue weighted by Crippen LogP contribution is 2.22. The Morgan fingerprint density at radius 2 is 1.90 bits per heavy atom. The lowest BCUT2D eigenvalue weighted by molar-refractivity contribution is -0.387.